The normalized spacial score (nSPS) is 11.7. The van der Waals surface area contributed by atoms with Gasteiger partial charge in [-0.3, -0.25) is 0 Å². The molecule has 0 bridgehead atoms. The maximum Gasteiger partial charge on any atom is -0.00259 e. The third-order valence-corrected chi connectivity index (χ3v) is 25.1. The summed E-state index contributed by atoms with van der Waals surface area (Å²) in [6.45, 7) is 0. The van der Waals surface area contributed by atoms with E-state index in [4.69, 9.17) is 0 Å². The predicted octanol–water partition coefficient (Wildman–Crippen LogP) is 33.9. The zero-order chi connectivity index (χ0) is 79.1. The van der Waals surface area contributed by atoms with Crippen LogP contribution in [0.25, 0.3) is 241 Å². The summed E-state index contributed by atoms with van der Waals surface area (Å²) < 4.78 is 0. The highest BCUT2D eigenvalue weighted by molar-refractivity contribution is 6.28. The van der Waals surface area contributed by atoms with Gasteiger partial charge in [-0.05, 0) is 313 Å². The van der Waals surface area contributed by atoms with Crippen molar-refractivity contribution in [3.8, 4) is 111 Å². The van der Waals surface area contributed by atoms with Crippen molar-refractivity contribution in [1.82, 2.24) is 0 Å². The monoisotopic (exact) mass is 1520 g/mol. The number of rotatable bonds is 10. The first-order valence-corrected chi connectivity index (χ1v) is 41.7. The molecule has 0 amide bonds. The highest BCUT2D eigenvalue weighted by atomic mass is 14.3. The molecule has 0 spiro atoms. The van der Waals surface area contributed by atoms with Crippen LogP contribution in [0.3, 0.4) is 0 Å². The molecule has 0 atom stereocenters. The van der Waals surface area contributed by atoms with Crippen molar-refractivity contribution in [3.05, 3.63) is 461 Å². The zero-order valence-electron chi connectivity index (χ0n) is 65.9. The van der Waals surface area contributed by atoms with E-state index in [2.05, 4.69) is 461 Å². The fraction of sp³-hybridized carbons (Fsp3) is 0. The third kappa shape index (κ3) is 12.1. The lowest BCUT2D eigenvalue weighted by Gasteiger charge is -2.19. The molecule has 24 rings (SSSR count). The largest absolute Gasteiger partial charge is 0.0622 e. The fourth-order valence-electron chi connectivity index (χ4n) is 19.6. The van der Waals surface area contributed by atoms with E-state index < -0.39 is 0 Å². The van der Waals surface area contributed by atoms with Crippen LogP contribution >= 0.6 is 0 Å². The van der Waals surface area contributed by atoms with E-state index in [9.17, 15) is 0 Å². The molecule has 0 aliphatic carbocycles. The van der Waals surface area contributed by atoms with Crippen LogP contribution in [0.1, 0.15) is 0 Å². The zero-order valence-corrected chi connectivity index (χ0v) is 65.9. The Labute approximate surface area is 696 Å². The molecule has 0 aliphatic rings. The molecule has 24 aromatic carbocycles. The quantitative estimate of drug-likeness (QED) is 0.0946. The van der Waals surface area contributed by atoms with Gasteiger partial charge in [-0.15, -0.1) is 0 Å². The minimum atomic E-state index is 1.21. The van der Waals surface area contributed by atoms with Gasteiger partial charge in [0.05, 0.1) is 0 Å². The molecule has 0 saturated carbocycles. The van der Waals surface area contributed by atoms with Gasteiger partial charge in [-0.25, -0.2) is 0 Å². The summed E-state index contributed by atoms with van der Waals surface area (Å²) in [6, 6.07) is 170. The molecule has 556 valence electrons. The summed E-state index contributed by atoms with van der Waals surface area (Å²) in [7, 11) is 0. The van der Waals surface area contributed by atoms with Crippen molar-refractivity contribution in [2.75, 3.05) is 0 Å². The van der Waals surface area contributed by atoms with Gasteiger partial charge in [0, 0.05) is 0 Å². The summed E-state index contributed by atoms with van der Waals surface area (Å²) in [5, 5.41) is 30.4. The molecule has 0 heteroatoms. The van der Waals surface area contributed by atoms with Gasteiger partial charge in [0.15, 0.2) is 0 Å². The lowest BCUT2D eigenvalue weighted by molar-refractivity contribution is 1.58. The molecule has 0 nitrogen and oxygen atoms in total. The van der Waals surface area contributed by atoms with E-state index in [0.29, 0.717) is 0 Å². The first-order valence-electron chi connectivity index (χ1n) is 41.7. The van der Waals surface area contributed by atoms with Crippen molar-refractivity contribution < 1.29 is 0 Å². The van der Waals surface area contributed by atoms with Crippen LogP contribution in [0.5, 0.6) is 0 Å². The number of hydrogen-bond donors (Lipinski definition) is 0. The topological polar surface area (TPSA) is 0 Å². The second kappa shape index (κ2) is 29.3. The van der Waals surface area contributed by atoms with E-state index >= 15 is 0 Å². The Kier molecular flexibility index (Phi) is 17.1. The van der Waals surface area contributed by atoms with Crippen LogP contribution in [0.15, 0.2) is 461 Å². The fourth-order valence-corrected chi connectivity index (χ4v) is 19.6. The van der Waals surface area contributed by atoms with E-state index in [0.717, 1.165) is 0 Å². The maximum absolute atomic E-state index is 2.42. The Morgan fingerprint density at radius 1 is 0.0833 bits per heavy atom. The van der Waals surface area contributed by atoms with Gasteiger partial charge in [-0.1, -0.05) is 388 Å². The average Bonchev–Trinajstić information content (AvgIpc) is 0.732. The molecule has 0 N–H and O–H groups in total. The van der Waals surface area contributed by atoms with Crippen LogP contribution < -0.4 is 0 Å². The van der Waals surface area contributed by atoms with E-state index in [1.54, 1.807) is 0 Å². The minimum Gasteiger partial charge on any atom is -0.0622 e. The van der Waals surface area contributed by atoms with Crippen molar-refractivity contribution in [1.29, 1.82) is 0 Å². The standard InChI is InChI=1S/2C60H38/c1-3-15-39(16-4-1)46-35-47(40-17-5-2-6-18-40)37-48(36-46)60-56-25-13-11-23-54(56)59(55-24-12-14-26-57(55)60)44-30-28-41-27-29-42(33-45(41)34-44)43-31-32-53-51-21-8-7-19-49(51)50-20-9-10-22-52(50)58(53)38-43;1-3-15-39(16-4-1)46-35-47(40-17-5-2-6-18-40)37-48(36-46)60-55-25-13-11-23-53(55)59(54-24-12-14-26-56(54)60)44-30-28-41-27-29-43(33-45(41)34-44)57-38-58-49-20-8-7-19-42(49)31-32-52(58)50-21-9-10-22-51(50)57/h2*1-38H. The molecule has 0 radical (unpaired) electrons. The number of hydrogen-bond acceptors (Lipinski definition) is 0. The molecule has 0 heterocycles. The molecular formula is C120H76. The van der Waals surface area contributed by atoms with E-state index in [-0.39, 0.29) is 0 Å². The number of fused-ring (bicyclic) bond motifs is 17. The van der Waals surface area contributed by atoms with Crippen molar-refractivity contribution in [2.45, 2.75) is 0 Å². The minimum absolute atomic E-state index is 1.21. The summed E-state index contributed by atoms with van der Waals surface area (Å²) in [5.74, 6) is 0. The van der Waals surface area contributed by atoms with Crippen LogP contribution in [-0.2, 0) is 0 Å². The van der Waals surface area contributed by atoms with Crippen molar-refractivity contribution in [3.63, 3.8) is 0 Å². The van der Waals surface area contributed by atoms with Crippen molar-refractivity contribution >= 4 is 129 Å². The Morgan fingerprint density at radius 2 is 0.317 bits per heavy atom. The van der Waals surface area contributed by atoms with Gasteiger partial charge in [-0.2, -0.15) is 0 Å². The average molecular weight is 1520 g/mol. The summed E-state index contributed by atoms with van der Waals surface area (Å²) in [5.41, 5.74) is 24.5. The van der Waals surface area contributed by atoms with E-state index in [1.807, 2.05) is 0 Å². The Hall–Kier alpha value is -15.6. The first-order chi connectivity index (χ1) is 59.5. The first kappa shape index (κ1) is 69.9. The molecule has 0 aliphatic heterocycles. The van der Waals surface area contributed by atoms with Gasteiger partial charge in [0.1, 0.15) is 0 Å². The van der Waals surface area contributed by atoms with Crippen LogP contribution in [0.4, 0.5) is 0 Å². The molecular weight excluding hydrogens is 1440 g/mol. The smallest absolute Gasteiger partial charge is 0.00259 e. The van der Waals surface area contributed by atoms with Gasteiger partial charge >= 0.3 is 0 Å². The van der Waals surface area contributed by atoms with Crippen molar-refractivity contribution in [2.24, 2.45) is 0 Å². The Bertz CT molecular complexity index is 7980. The van der Waals surface area contributed by atoms with Gasteiger partial charge < -0.3 is 0 Å². The van der Waals surface area contributed by atoms with Crippen LogP contribution in [-0.4, -0.2) is 0 Å². The van der Waals surface area contributed by atoms with Crippen LogP contribution in [0.2, 0.25) is 0 Å². The molecule has 0 fully saturated rings. The highest BCUT2D eigenvalue weighted by Gasteiger charge is 2.23. The molecule has 0 aromatic heterocycles. The lowest BCUT2D eigenvalue weighted by atomic mass is 9.84. The SMILES string of the molecule is c1ccc(-c2cc(-c3ccccc3)cc(-c3c4ccccc4c(-c4ccc5ccc(-c6cc7c8ccccc8ccc7c7ccccc67)cc5c4)c4ccccc34)c2)cc1.c1ccc(-c2cc(-c3ccccc3)cc(-c3c4ccccc4c(-c4ccc5ccc(-c6ccc7c8ccccc8c8ccccc8c7c6)cc5c4)c4ccccc34)c2)cc1. The summed E-state index contributed by atoms with van der Waals surface area (Å²) in [4.78, 5) is 0. The third-order valence-electron chi connectivity index (χ3n) is 25.1. The Balaban J connectivity index is 0.000000140. The summed E-state index contributed by atoms with van der Waals surface area (Å²) in [6.07, 6.45) is 0. The van der Waals surface area contributed by atoms with Gasteiger partial charge in [0.2, 0.25) is 0 Å². The molecule has 0 saturated heterocycles. The van der Waals surface area contributed by atoms with E-state index in [1.165, 1.54) is 241 Å². The molecule has 0 unspecified atom stereocenters. The molecule has 24 aromatic rings. The van der Waals surface area contributed by atoms with Crippen LogP contribution in [0, 0.1) is 0 Å². The highest BCUT2D eigenvalue weighted by Crippen LogP contribution is 2.50. The Morgan fingerprint density at radius 3 is 0.708 bits per heavy atom. The lowest BCUT2D eigenvalue weighted by Crippen LogP contribution is -1.92. The second-order valence-corrected chi connectivity index (χ2v) is 32.0. The molecule has 120 heavy (non-hydrogen) atoms. The second-order valence-electron chi connectivity index (χ2n) is 32.0. The number of benzene rings is 24. The maximum atomic E-state index is 2.42. The summed E-state index contributed by atoms with van der Waals surface area (Å²) >= 11 is 0. The predicted molar refractivity (Wildman–Crippen MR) is 517 cm³/mol. The van der Waals surface area contributed by atoms with Gasteiger partial charge in [0.25, 0.3) is 0 Å².